The Morgan fingerprint density at radius 1 is 1.21 bits per heavy atom. The first-order valence-corrected chi connectivity index (χ1v) is 6.48. The van der Waals surface area contributed by atoms with E-state index in [1.54, 1.807) is 7.05 Å². The average molecular weight is 273 g/mol. The second kappa shape index (κ2) is 5.92. The Labute approximate surface area is 111 Å². The largest absolute Gasteiger partial charge is 0.416 e. The Bertz CT molecular complexity index is 396. The molecule has 1 heterocycles. The Balaban J connectivity index is 2.14. The molecule has 1 aliphatic heterocycles. The minimum atomic E-state index is -4.28. The van der Waals surface area contributed by atoms with Gasteiger partial charge in [-0.15, -0.1) is 0 Å². The molecule has 1 N–H and O–H groups in total. The van der Waals surface area contributed by atoms with Gasteiger partial charge in [-0.25, -0.2) is 0 Å². The first-order valence-electron chi connectivity index (χ1n) is 6.48. The normalized spacial score (nSPS) is 22.2. The number of alkyl halides is 3. The molecule has 0 aliphatic carbocycles. The van der Waals surface area contributed by atoms with E-state index >= 15 is 0 Å². The van der Waals surface area contributed by atoms with E-state index in [1.165, 1.54) is 12.1 Å². The van der Waals surface area contributed by atoms with Gasteiger partial charge in [-0.1, -0.05) is 12.1 Å². The van der Waals surface area contributed by atoms with Crippen LogP contribution in [0.3, 0.4) is 0 Å². The lowest BCUT2D eigenvalue weighted by Crippen LogP contribution is -2.34. The molecule has 1 fully saturated rings. The minimum absolute atomic E-state index is 0.0375. The van der Waals surface area contributed by atoms with Crippen LogP contribution in [-0.4, -0.2) is 19.8 Å². The zero-order valence-corrected chi connectivity index (χ0v) is 10.8. The van der Waals surface area contributed by atoms with Crippen molar-refractivity contribution in [2.45, 2.75) is 37.6 Å². The molecule has 1 aromatic rings. The molecule has 2 nitrogen and oxygen atoms in total. The maximum atomic E-state index is 12.5. The highest BCUT2D eigenvalue weighted by molar-refractivity contribution is 5.27. The molecule has 2 unspecified atom stereocenters. The van der Waals surface area contributed by atoms with Crippen molar-refractivity contribution in [2.75, 3.05) is 13.7 Å². The van der Waals surface area contributed by atoms with Gasteiger partial charge in [0.2, 0.25) is 0 Å². The molecule has 1 aromatic carbocycles. The number of hydrogen-bond acceptors (Lipinski definition) is 2. The van der Waals surface area contributed by atoms with Crippen molar-refractivity contribution in [3.8, 4) is 0 Å². The molecular weight excluding hydrogens is 255 g/mol. The lowest BCUT2D eigenvalue weighted by atomic mass is 9.95. The van der Waals surface area contributed by atoms with E-state index in [2.05, 4.69) is 5.32 Å². The first-order chi connectivity index (χ1) is 9.02. The fourth-order valence-electron chi connectivity index (χ4n) is 2.48. The van der Waals surface area contributed by atoms with Crippen LogP contribution in [0.1, 0.15) is 36.4 Å². The third kappa shape index (κ3) is 3.48. The first kappa shape index (κ1) is 14.3. The van der Waals surface area contributed by atoms with Crippen LogP contribution in [-0.2, 0) is 10.9 Å². The van der Waals surface area contributed by atoms with Crippen LogP contribution < -0.4 is 5.32 Å². The van der Waals surface area contributed by atoms with Crippen LogP contribution in [0, 0.1) is 0 Å². The smallest absolute Gasteiger partial charge is 0.376 e. The van der Waals surface area contributed by atoms with Gasteiger partial charge in [-0.3, -0.25) is 0 Å². The lowest BCUT2D eigenvalue weighted by molar-refractivity contribution is -0.137. The van der Waals surface area contributed by atoms with Gasteiger partial charge in [0.15, 0.2) is 0 Å². The summed E-state index contributed by atoms with van der Waals surface area (Å²) in [5, 5.41) is 3.14. The van der Waals surface area contributed by atoms with Crippen LogP contribution in [0.4, 0.5) is 13.2 Å². The highest BCUT2D eigenvalue weighted by Crippen LogP contribution is 2.31. The molecule has 0 bridgehead atoms. The maximum absolute atomic E-state index is 12.5. The van der Waals surface area contributed by atoms with Crippen molar-refractivity contribution in [1.82, 2.24) is 5.32 Å². The monoisotopic (exact) mass is 273 g/mol. The lowest BCUT2D eigenvalue weighted by Gasteiger charge is -2.30. The Kier molecular flexibility index (Phi) is 4.47. The van der Waals surface area contributed by atoms with Gasteiger partial charge in [0, 0.05) is 6.61 Å². The highest BCUT2D eigenvalue weighted by atomic mass is 19.4. The van der Waals surface area contributed by atoms with E-state index < -0.39 is 11.7 Å². The third-order valence-electron chi connectivity index (χ3n) is 3.49. The molecule has 2 atom stereocenters. The number of ether oxygens (including phenoxy) is 1. The van der Waals surface area contributed by atoms with Crippen LogP contribution in [0.2, 0.25) is 0 Å². The summed E-state index contributed by atoms with van der Waals surface area (Å²) in [5.41, 5.74) is 0.220. The molecule has 2 rings (SSSR count). The molecule has 5 heteroatoms. The number of halogens is 3. The zero-order chi connectivity index (χ0) is 13.9. The number of benzene rings is 1. The molecule has 106 valence electrons. The van der Waals surface area contributed by atoms with Crippen molar-refractivity contribution in [2.24, 2.45) is 0 Å². The van der Waals surface area contributed by atoms with Gasteiger partial charge in [0.25, 0.3) is 0 Å². The highest BCUT2D eigenvalue weighted by Gasteiger charge is 2.31. The molecule has 1 saturated heterocycles. The summed E-state index contributed by atoms with van der Waals surface area (Å²) in [6, 6.07) is 5.26. The van der Waals surface area contributed by atoms with Crippen LogP contribution >= 0.6 is 0 Å². The van der Waals surface area contributed by atoms with Crippen molar-refractivity contribution in [1.29, 1.82) is 0 Å². The van der Waals surface area contributed by atoms with E-state index in [9.17, 15) is 13.2 Å². The topological polar surface area (TPSA) is 21.3 Å². The second-order valence-corrected chi connectivity index (χ2v) is 4.79. The van der Waals surface area contributed by atoms with Gasteiger partial charge >= 0.3 is 6.18 Å². The molecule has 0 amide bonds. The fourth-order valence-corrected chi connectivity index (χ4v) is 2.48. The summed E-state index contributed by atoms with van der Waals surface area (Å²) < 4.78 is 43.2. The molecule has 0 radical (unpaired) electrons. The molecular formula is C14H18F3NO. The molecule has 0 aromatic heterocycles. The van der Waals surface area contributed by atoms with Crippen LogP contribution in [0.15, 0.2) is 24.3 Å². The number of rotatable bonds is 3. The van der Waals surface area contributed by atoms with Crippen molar-refractivity contribution >= 4 is 0 Å². The van der Waals surface area contributed by atoms with Crippen molar-refractivity contribution in [3.63, 3.8) is 0 Å². The average Bonchev–Trinajstić information content (AvgIpc) is 2.40. The Morgan fingerprint density at radius 2 is 1.89 bits per heavy atom. The zero-order valence-electron chi connectivity index (χ0n) is 10.8. The Hall–Kier alpha value is -1.07. The van der Waals surface area contributed by atoms with E-state index in [-0.39, 0.29) is 12.1 Å². The predicted molar refractivity (Wildman–Crippen MR) is 66.8 cm³/mol. The maximum Gasteiger partial charge on any atom is 0.416 e. The summed E-state index contributed by atoms with van der Waals surface area (Å²) in [7, 11) is 1.81. The van der Waals surface area contributed by atoms with Crippen molar-refractivity contribution in [3.05, 3.63) is 35.4 Å². The van der Waals surface area contributed by atoms with Gasteiger partial charge in [0.05, 0.1) is 17.7 Å². The Morgan fingerprint density at radius 3 is 2.37 bits per heavy atom. The van der Waals surface area contributed by atoms with E-state index in [0.29, 0.717) is 0 Å². The van der Waals surface area contributed by atoms with Gasteiger partial charge < -0.3 is 10.1 Å². The third-order valence-corrected chi connectivity index (χ3v) is 3.49. The van der Waals surface area contributed by atoms with Crippen molar-refractivity contribution < 1.29 is 17.9 Å². The predicted octanol–water partition coefficient (Wildman–Crippen LogP) is 3.54. The molecule has 0 spiro atoms. The van der Waals surface area contributed by atoms with Gasteiger partial charge in [-0.05, 0) is 44.0 Å². The standard InChI is InChI=1S/C14H18F3NO/c1-18-13(12-4-2-3-9-19-12)10-5-7-11(8-6-10)14(15,16)17/h5-8,12-13,18H,2-4,9H2,1H3. The summed E-state index contributed by atoms with van der Waals surface area (Å²) >= 11 is 0. The van der Waals surface area contributed by atoms with E-state index in [0.717, 1.165) is 43.6 Å². The van der Waals surface area contributed by atoms with E-state index in [4.69, 9.17) is 4.74 Å². The summed E-state index contributed by atoms with van der Waals surface area (Å²) in [6.07, 6.45) is -1.15. The summed E-state index contributed by atoms with van der Waals surface area (Å²) in [6.45, 7) is 0.726. The van der Waals surface area contributed by atoms with Gasteiger partial charge in [-0.2, -0.15) is 13.2 Å². The second-order valence-electron chi connectivity index (χ2n) is 4.79. The number of nitrogens with one attached hydrogen (secondary N) is 1. The minimum Gasteiger partial charge on any atom is -0.376 e. The van der Waals surface area contributed by atoms with Crippen LogP contribution in [0.5, 0.6) is 0 Å². The van der Waals surface area contributed by atoms with Gasteiger partial charge in [0.1, 0.15) is 0 Å². The quantitative estimate of drug-likeness (QED) is 0.909. The summed E-state index contributed by atoms with van der Waals surface area (Å²) in [5.74, 6) is 0. The SMILES string of the molecule is CNC(c1ccc(C(F)(F)F)cc1)C1CCCCO1. The van der Waals surface area contributed by atoms with Crippen LogP contribution in [0.25, 0.3) is 0 Å². The summed E-state index contributed by atoms with van der Waals surface area (Å²) in [4.78, 5) is 0. The molecule has 19 heavy (non-hydrogen) atoms. The fraction of sp³-hybridized carbons (Fsp3) is 0.571. The molecule has 0 saturated carbocycles. The number of likely N-dealkylation sites (N-methyl/N-ethyl adjacent to an activating group) is 1. The molecule has 1 aliphatic rings. The van der Waals surface area contributed by atoms with E-state index in [1.807, 2.05) is 0 Å². The number of hydrogen-bond donors (Lipinski definition) is 1.